The van der Waals surface area contributed by atoms with Gasteiger partial charge in [-0.1, -0.05) is 24.3 Å². The third-order valence-corrected chi connectivity index (χ3v) is 3.63. The summed E-state index contributed by atoms with van der Waals surface area (Å²) >= 11 is 0. The van der Waals surface area contributed by atoms with Gasteiger partial charge in [0, 0.05) is 18.0 Å². The van der Waals surface area contributed by atoms with Crippen molar-refractivity contribution in [2.45, 2.75) is 13.0 Å². The molecule has 4 nitrogen and oxygen atoms in total. The van der Waals surface area contributed by atoms with Gasteiger partial charge >= 0.3 is 0 Å². The van der Waals surface area contributed by atoms with Crippen molar-refractivity contribution in [2.24, 2.45) is 0 Å². The molecular weight excluding hydrogens is 300 g/mol. The number of hydrogen-bond acceptors (Lipinski definition) is 3. The largest absolute Gasteiger partial charge is 0.457 e. The zero-order valence-electron chi connectivity index (χ0n) is 13.3. The molecule has 0 spiro atoms. The van der Waals surface area contributed by atoms with Crippen molar-refractivity contribution < 1.29 is 9.53 Å². The molecule has 3 aromatic rings. The van der Waals surface area contributed by atoms with Crippen LogP contribution in [0.2, 0.25) is 0 Å². The lowest BCUT2D eigenvalue weighted by molar-refractivity contribution is 0.0939. The van der Waals surface area contributed by atoms with Crippen LogP contribution in [0.5, 0.6) is 11.5 Å². The molecule has 24 heavy (non-hydrogen) atoms. The number of aromatic nitrogens is 1. The Balaban J connectivity index is 1.70. The summed E-state index contributed by atoms with van der Waals surface area (Å²) < 4.78 is 5.77. The minimum absolute atomic E-state index is 0.0980. The molecule has 0 radical (unpaired) electrons. The van der Waals surface area contributed by atoms with Crippen molar-refractivity contribution >= 4 is 5.91 Å². The SMILES string of the molecule is C[C@H](NC(=O)c1cccc(Oc2ccccc2)c1)c1ccncc1. The van der Waals surface area contributed by atoms with E-state index < -0.39 is 0 Å². The van der Waals surface area contributed by atoms with Gasteiger partial charge in [0.05, 0.1) is 6.04 Å². The van der Waals surface area contributed by atoms with E-state index in [0.717, 1.165) is 11.3 Å². The second-order valence-corrected chi connectivity index (χ2v) is 5.42. The number of para-hydroxylation sites is 1. The van der Waals surface area contributed by atoms with Crippen LogP contribution >= 0.6 is 0 Å². The lowest BCUT2D eigenvalue weighted by Crippen LogP contribution is -2.26. The molecule has 0 unspecified atom stereocenters. The summed E-state index contributed by atoms with van der Waals surface area (Å²) in [5.41, 5.74) is 1.57. The third-order valence-electron chi connectivity index (χ3n) is 3.63. The van der Waals surface area contributed by atoms with Crippen LogP contribution in [-0.2, 0) is 0 Å². The number of amides is 1. The first kappa shape index (κ1) is 15.7. The van der Waals surface area contributed by atoms with E-state index in [1.54, 1.807) is 24.5 Å². The molecule has 3 rings (SSSR count). The van der Waals surface area contributed by atoms with Crippen molar-refractivity contribution in [3.8, 4) is 11.5 Å². The summed E-state index contributed by atoms with van der Waals surface area (Å²) in [7, 11) is 0. The average molecular weight is 318 g/mol. The lowest BCUT2D eigenvalue weighted by atomic mass is 10.1. The van der Waals surface area contributed by atoms with Gasteiger partial charge in [0.25, 0.3) is 5.91 Å². The second kappa shape index (κ2) is 7.42. The predicted octanol–water partition coefficient (Wildman–Crippen LogP) is 4.36. The lowest BCUT2D eigenvalue weighted by Gasteiger charge is -2.14. The number of benzene rings is 2. The van der Waals surface area contributed by atoms with Crippen LogP contribution in [0.4, 0.5) is 0 Å². The van der Waals surface area contributed by atoms with Gasteiger partial charge in [-0.05, 0) is 55.0 Å². The van der Waals surface area contributed by atoms with E-state index in [0.29, 0.717) is 11.3 Å². The van der Waals surface area contributed by atoms with Crippen molar-refractivity contribution in [3.63, 3.8) is 0 Å². The van der Waals surface area contributed by atoms with Crippen LogP contribution in [0.25, 0.3) is 0 Å². The van der Waals surface area contributed by atoms with Crippen LogP contribution in [0, 0.1) is 0 Å². The molecule has 0 fully saturated rings. The summed E-state index contributed by atoms with van der Waals surface area (Å²) in [5.74, 6) is 1.23. The summed E-state index contributed by atoms with van der Waals surface area (Å²) in [6.45, 7) is 1.94. The molecule has 0 saturated heterocycles. The monoisotopic (exact) mass is 318 g/mol. The number of carbonyl (C=O) groups is 1. The Morgan fingerprint density at radius 2 is 1.67 bits per heavy atom. The van der Waals surface area contributed by atoms with E-state index in [4.69, 9.17) is 4.74 Å². The maximum absolute atomic E-state index is 12.5. The first-order chi connectivity index (χ1) is 11.7. The molecule has 0 bridgehead atoms. The van der Waals surface area contributed by atoms with Crippen LogP contribution < -0.4 is 10.1 Å². The van der Waals surface area contributed by atoms with Gasteiger partial charge in [0.15, 0.2) is 0 Å². The molecule has 0 aliphatic rings. The molecule has 1 aromatic heterocycles. The van der Waals surface area contributed by atoms with Crippen LogP contribution in [0.1, 0.15) is 28.9 Å². The number of ether oxygens (including phenoxy) is 1. The van der Waals surface area contributed by atoms with Crippen LogP contribution in [0.3, 0.4) is 0 Å². The van der Waals surface area contributed by atoms with Gasteiger partial charge in [0.2, 0.25) is 0 Å². The molecule has 1 heterocycles. The highest BCUT2D eigenvalue weighted by Gasteiger charge is 2.12. The Hall–Kier alpha value is -3.14. The number of rotatable bonds is 5. The van der Waals surface area contributed by atoms with Gasteiger partial charge in [-0.3, -0.25) is 9.78 Å². The minimum atomic E-state index is -0.141. The van der Waals surface area contributed by atoms with E-state index >= 15 is 0 Å². The van der Waals surface area contributed by atoms with Crippen molar-refractivity contribution in [1.29, 1.82) is 0 Å². The Labute approximate surface area is 141 Å². The average Bonchev–Trinajstić information content (AvgIpc) is 2.63. The number of pyridine rings is 1. The number of nitrogens with one attached hydrogen (secondary N) is 1. The molecule has 0 saturated carbocycles. The van der Waals surface area contributed by atoms with Crippen molar-refractivity contribution in [3.05, 3.63) is 90.3 Å². The highest BCUT2D eigenvalue weighted by atomic mass is 16.5. The maximum atomic E-state index is 12.5. The Kier molecular flexibility index (Phi) is 4.87. The molecule has 2 aromatic carbocycles. The van der Waals surface area contributed by atoms with Crippen LogP contribution in [-0.4, -0.2) is 10.9 Å². The van der Waals surface area contributed by atoms with Gasteiger partial charge < -0.3 is 10.1 Å². The fourth-order valence-electron chi connectivity index (χ4n) is 2.34. The van der Waals surface area contributed by atoms with Gasteiger partial charge in [0.1, 0.15) is 11.5 Å². The highest BCUT2D eigenvalue weighted by Crippen LogP contribution is 2.22. The van der Waals surface area contributed by atoms with E-state index in [1.165, 1.54) is 0 Å². The second-order valence-electron chi connectivity index (χ2n) is 5.42. The molecule has 1 amide bonds. The molecule has 0 aliphatic heterocycles. The smallest absolute Gasteiger partial charge is 0.251 e. The molecule has 4 heteroatoms. The Morgan fingerprint density at radius 1 is 0.958 bits per heavy atom. The normalized spacial score (nSPS) is 11.5. The first-order valence-corrected chi connectivity index (χ1v) is 7.76. The number of hydrogen-bond donors (Lipinski definition) is 1. The van der Waals surface area contributed by atoms with Gasteiger partial charge in [-0.15, -0.1) is 0 Å². The summed E-state index contributed by atoms with van der Waals surface area (Å²) in [4.78, 5) is 16.4. The Morgan fingerprint density at radius 3 is 2.42 bits per heavy atom. The fraction of sp³-hybridized carbons (Fsp3) is 0.100. The van der Waals surface area contributed by atoms with E-state index in [2.05, 4.69) is 10.3 Å². The first-order valence-electron chi connectivity index (χ1n) is 7.76. The topological polar surface area (TPSA) is 51.2 Å². The fourth-order valence-corrected chi connectivity index (χ4v) is 2.34. The van der Waals surface area contributed by atoms with E-state index in [-0.39, 0.29) is 11.9 Å². The number of nitrogens with zero attached hydrogens (tertiary/aromatic N) is 1. The zero-order valence-corrected chi connectivity index (χ0v) is 13.3. The zero-order chi connectivity index (χ0) is 16.8. The highest BCUT2D eigenvalue weighted by molar-refractivity contribution is 5.94. The quantitative estimate of drug-likeness (QED) is 0.760. The minimum Gasteiger partial charge on any atom is -0.457 e. The van der Waals surface area contributed by atoms with Crippen molar-refractivity contribution in [2.75, 3.05) is 0 Å². The van der Waals surface area contributed by atoms with Gasteiger partial charge in [-0.25, -0.2) is 0 Å². The summed E-state index contributed by atoms with van der Waals surface area (Å²) in [5, 5.41) is 2.98. The number of carbonyl (C=O) groups excluding carboxylic acids is 1. The summed E-state index contributed by atoms with van der Waals surface area (Å²) in [6.07, 6.45) is 3.43. The Bertz CT molecular complexity index is 804. The van der Waals surface area contributed by atoms with Crippen molar-refractivity contribution in [1.82, 2.24) is 10.3 Å². The predicted molar refractivity (Wildman–Crippen MR) is 93.1 cm³/mol. The maximum Gasteiger partial charge on any atom is 0.251 e. The molecule has 120 valence electrons. The molecular formula is C20H18N2O2. The molecule has 1 N–H and O–H groups in total. The van der Waals surface area contributed by atoms with E-state index in [9.17, 15) is 4.79 Å². The van der Waals surface area contributed by atoms with E-state index in [1.807, 2.05) is 61.5 Å². The van der Waals surface area contributed by atoms with Crippen LogP contribution in [0.15, 0.2) is 79.1 Å². The van der Waals surface area contributed by atoms with Gasteiger partial charge in [-0.2, -0.15) is 0 Å². The summed E-state index contributed by atoms with van der Waals surface area (Å²) in [6, 6.07) is 20.3. The molecule has 0 aliphatic carbocycles. The standard InChI is InChI=1S/C20H18N2O2/c1-15(16-10-12-21-13-11-16)22-20(23)17-6-5-9-19(14-17)24-18-7-3-2-4-8-18/h2-15H,1H3,(H,22,23)/t15-/m0/s1. The molecule has 1 atom stereocenters. The third kappa shape index (κ3) is 3.98.